The van der Waals surface area contributed by atoms with Gasteiger partial charge in [0.1, 0.15) is 5.82 Å². The third-order valence-corrected chi connectivity index (χ3v) is 3.22. The lowest BCUT2D eigenvalue weighted by molar-refractivity contribution is 0.389. The minimum Gasteiger partial charge on any atom is -0.480 e. The molecule has 0 radical (unpaired) electrons. The van der Waals surface area contributed by atoms with Crippen LogP contribution >= 0.6 is 0 Å². The molecule has 112 valence electrons. The summed E-state index contributed by atoms with van der Waals surface area (Å²) in [4.78, 5) is 4.13. The average molecular weight is 287 g/mol. The Bertz CT molecular complexity index is 558. The molecule has 2 heterocycles. The second-order valence-corrected chi connectivity index (χ2v) is 4.76. The molecule has 1 atom stereocenters. The lowest BCUT2D eigenvalue weighted by atomic mass is 10.0. The van der Waals surface area contributed by atoms with Crippen molar-refractivity contribution in [3.05, 3.63) is 41.7 Å². The molecule has 0 aliphatic heterocycles. The largest absolute Gasteiger partial charge is 0.480 e. The molecule has 0 saturated carbocycles. The fraction of sp³-hybridized carbons (Fsp3) is 0.400. The van der Waals surface area contributed by atoms with Crippen molar-refractivity contribution in [3.8, 4) is 5.88 Å². The Hall–Kier alpha value is -2.21. The molecular formula is C15H21N5O. The molecule has 0 spiro atoms. The minimum absolute atomic E-state index is 0.0508. The van der Waals surface area contributed by atoms with Gasteiger partial charge in [-0.2, -0.15) is 5.10 Å². The number of nitrogens with one attached hydrogen (secondary N) is 1. The predicted molar refractivity (Wildman–Crippen MR) is 82.0 cm³/mol. The minimum atomic E-state index is 0.0508. The van der Waals surface area contributed by atoms with Gasteiger partial charge in [0.2, 0.25) is 5.88 Å². The monoisotopic (exact) mass is 287 g/mol. The Labute approximate surface area is 124 Å². The number of rotatable bonds is 7. The van der Waals surface area contributed by atoms with Gasteiger partial charge in [0.05, 0.1) is 18.8 Å². The number of nitrogens with two attached hydrogens (primary N) is 1. The van der Waals surface area contributed by atoms with E-state index in [0.717, 1.165) is 30.6 Å². The number of methoxy groups -OCH3 is 1. The first-order valence-electron chi connectivity index (χ1n) is 7.05. The van der Waals surface area contributed by atoms with E-state index in [0.29, 0.717) is 11.7 Å². The van der Waals surface area contributed by atoms with Crippen LogP contribution in [0.4, 0.5) is 5.82 Å². The van der Waals surface area contributed by atoms with Crippen LogP contribution in [0.15, 0.2) is 30.5 Å². The van der Waals surface area contributed by atoms with E-state index in [-0.39, 0.29) is 6.04 Å². The molecule has 0 amide bonds. The lowest BCUT2D eigenvalue weighted by Gasteiger charge is -2.18. The number of nitrogen functional groups attached to an aromatic ring is 1. The Morgan fingerprint density at radius 3 is 2.76 bits per heavy atom. The number of anilines is 1. The quantitative estimate of drug-likeness (QED) is 0.807. The van der Waals surface area contributed by atoms with E-state index in [2.05, 4.69) is 27.4 Å². The zero-order chi connectivity index (χ0) is 15.1. The summed E-state index contributed by atoms with van der Waals surface area (Å²) in [6.45, 7) is 3.03. The molecule has 1 unspecified atom stereocenters. The van der Waals surface area contributed by atoms with Gasteiger partial charge < -0.3 is 15.8 Å². The summed E-state index contributed by atoms with van der Waals surface area (Å²) in [7, 11) is 1.58. The second kappa shape index (κ2) is 7.54. The van der Waals surface area contributed by atoms with Gasteiger partial charge in [0.15, 0.2) is 0 Å². The first kappa shape index (κ1) is 15.2. The maximum absolute atomic E-state index is 5.93. The Kier molecular flexibility index (Phi) is 5.45. The van der Waals surface area contributed by atoms with E-state index in [4.69, 9.17) is 10.5 Å². The van der Waals surface area contributed by atoms with Crippen molar-refractivity contribution in [1.82, 2.24) is 20.5 Å². The van der Waals surface area contributed by atoms with Crippen molar-refractivity contribution in [3.63, 3.8) is 0 Å². The van der Waals surface area contributed by atoms with Crippen molar-refractivity contribution < 1.29 is 4.74 Å². The third-order valence-electron chi connectivity index (χ3n) is 3.22. The maximum atomic E-state index is 5.93. The van der Waals surface area contributed by atoms with Gasteiger partial charge in [0, 0.05) is 12.3 Å². The van der Waals surface area contributed by atoms with E-state index in [9.17, 15) is 0 Å². The zero-order valence-corrected chi connectivity index (χ0v) is 12.4. The van der Waals surface area contributed by atoms with Gasteiger partial charge in [-0.05, 0) is 37.1 Å². The highest BCUT2D eigenvalue weighted by atomic mass is 16.5. The normalized spacial score (nSPS) is 12.1. The number of hydrogen-bond acceptors (Lipinski definition) is 6. The van der Waals surface area contributed by atoms with Gasteiger partial charge in [0.25, 0.3) is 0 Å². The fourth-order valence-electron chi connectivity index (χ4n) is 2.07. The molecule has 6 heteroatoms. The number of ether oxygens (including phenoxy) is 1. The van der Waals surface area contributed by atoms with Crippen LogP contribution in [0.1, 0.15) is 30.6 Å². The molecule has 0 fully saturated rings. The summed E-state index contributed by atoms with van der Waals surface area (Å²) in [6.07, 6.45) is 3.46. The number of aromatic nitrogens is 3. The molecule has 0 aliphatic carbocycles. The molecule has 21 heavy (non-hydrogen) atoms. The Balaban J connectivity index is 2.18. The molecule has 0 saturated heterocycles. The summed E-state index contributed by atoms with van der Waals surface area (Å²) in [5.74, 6) is 1.07. The van der Waals surface area contributed by atoms with Crippen LogP contribution < -0.4 is 15.8 Å². The lowest BCUT2D eigenvalue weighted by Crippen LogP contribution is -2.25. The molecule has 6 nitrogen and oxygen atoms in total. The van der Waals surface area contributed by atoms with Gasteiger partial charge in [-0.15, -0.1) is 5.10 Å². The third kappa shape index (κ3) is 4.13. The van der Waals surface area contributed by atoms with Gasteiger partial charge in [-0.3, -0.25) is 0 Å². The summed E-state index contributed by atoms with van der Waals surface area (Å²) in [5, 5.41) is 11.7. The zero-order valence-electron chi connectivity index (χ0n) is 12.4. The second-order valence-electron chi connectivity index (χ2n) is 4.76. The maximum Gasteiger partial charge on any atom is 0.233 e. The Morgan fingerprint density at radius 2 is 2.14 bits per heavy atom. The Morgan fingerprint density at radius 1 is 1.29 bits per heavy atom. The van der Waals surface area contributed by atoms with Crippen molar-refractivity contribution in [1.29, 1.82) is 0 Å². The summed E-state index contributed by atoms with van der Waals surface area (Å²) < 4.78 is 5.04. The van der Waals surface area contributed by atoms with Crippen LogP contribution in [-0.4, -0.2) is 28.8 Å². The van der Waals surface area contributed by atoms with Crippen molar-refractivity contribution in [2.24, 2.45) is 0 Å². The van der Waals surface area contributed by atoms with Gasteiger partial charge >= 0.3 is 0 Å². The fourth-order valence-corrected chi connectivity index (χ4v) is 2.07. The molecular weight excluding hydrogens is 266 g/mol. The van der Waals surface area contributed by atoms with Crippen LogP contribution in [-0.2, 0) is 6.42 Å². The first-order valence-corrected chi connectivity index (χ1v) is 7.05. The van der Waals surface area contributed by atoms with Crippen LogP contribution in [0.3, 0.4) is 0 Å². The van der Waals surface area contributed by atoms with Gasteiger partial charge in [-0.25, -0.2) is 4.98 Å². The highest BCUT2D eigenvalue weighted by molar-refractivity contribution is 5.39. The highest BCUT2D eigenvalue weighted by Crippen LogP contribution is 2.20. The van der Waals surface area contributed by atoms with Gasteiger partial charge in [-0.1, -0.05) is 13.0 Å². The smallest absolute Gasteiger partial charge is 0.233 e. The summed E-state index contributed by atoms with van der Waals surface area (Å²) >= 11 is 0. The number of pyridine rings is 1. The average Bonchev–Trinajstić information content (AvgIpc) is 2.53. The van der Waals surface area contributed by atoms with Crippen molar-refractivity contribution in [2.75, 3.05) is 19.4 Å². The molecule has 2 aromatic rings. The summed E-state index contributed by atoms with van der Waals surface area (Å²) in [5.41, 5.74) is 7.80. The van der Waals surface area contributed by atoms with E-state index in [1.165, 1.54) is 0 Å². The first-order chi connectivity index (χ1) is 10.2. The van der Waals surface area contributed by atoms with Crippen LogP contribution in [0.5, 0.6) is 5.88 Å². The van der Waals surface area contributed by atoms with E-state index >= 15 is 0 Å². The van der Waals surface area contributed by atoms with Crippen LogP contribution in [0.25, 0.3) is 0 Å². The van der Waals surface area contributed by atoms with Crippen molar-refractivity contribution >= 4 is 5.82 Å². The molecule has 0 bridgehead atoms. The standard InChI is InChI=1S/C15H21N5O/c1-3-8-17-13(10-11-5-4-9-18-15(11)16)12-6-7-14(21-2)20-19-12/h4-7,9,13,17H,3,8,10H2,1-2H3,(H2,16,18). The summed E-state index contributed by atoms with van der Waals surface area (Å²) in [6, 6.07) is 7.67. The van der Waals surface area contributed by atoms with E-state index in [1.807, 2.05) is 24.3 Å². The van der Waals surface area contributed by atoms with Crippen LogP contribution in [0, 0.1) is 0 Å². The highest BCUT2D eigenvalue weighted by Gasteiger charge is 2.15. The molecule has 2 aromatic heterocycles. The van der Waals surface area contributed by atoms with Crippen molar-refractivity contribution in [2.45, 2.75) is 25.8 Å². The number of nitrogens with zero attached hydrogens (tertiary/aromatic N) is 3. The topological polar surface area (TPSA) is 86.0 Å². The number of hydrogen-bond donors (Lipinski definition) is 2. The molecule has 0 aromatic carbocycles. The molecule has 0 aliphatic rings. The molecule has 3 N–H and O–H groups in total. The van der Waals surface area contributed by atoms with E-state index < -0.39 is 0 Å². The predicted octanol–water partition coefficient (Wildman–Crippen LogP) is 1.75. The molecule has 2 rings (SSSR count). The van der Waals surface area contributed by atoms with E-state index in [1.54, 1.807) is 13.3 Å². The SMILES string of the molecule is CCCNC(Cc1cccnc1N)c1ccc(OC)nn1. The van der Waals surface area contributed by atoms with Crippen LogP contribution in [0.2, 0.25) is 0 Å².